The van der Waals surface area contributed by atoms with E-state index in [4.69, 9.17) is 9.31 Å². The van der Waals surface area contributed by atoms with Gasteiger partial charge in [0.05, 0.1) is 11.2 Å². The predicted octanol–water partition coefficient (Wildman–Crippen LogP) is 3.61. The number of hydrogen-bond donors (Lipinski definition) is 0. The van der Waals surface area contributed by atoms with Crippen LogP contribution in [0.1, 0.15) is 57.4 Å². The maximum Gasteiger partial charge on any atom is 0.487 e. The smallest absolute Gasteiger partial charge is 0.400 e. The summed E-state index contributed by atoms with van der Waals surface area (Å²) in [5.41, 5.74) is 3.24. The Balaban J connectivity index is 1.73. The Morgan fingerprint density at radius 3 is 2.48 bits per heavy atom. The van der Waals surface area contributed by atoms with Gasteiger partial charge >= 0.3 is 7.12 Å². The van der Waals surface area contributed by atoms with Crippen LogP contribution in [0.5, 0.6) is 0 Å². The summed E-state index contributed by atoms with van der Waals surface area (Å²) in [5, 5.41) is 0. The number of aryl methyl sites for hydroxylation is 2. The standard InChI is InChI=1S/C17H24BNO2/c1-16(2)17(3,4)21-18(20-16)10-9-13-11-14-7-5-6-8-15(14)19-12-13/h9-12H,5-8H2,1-4H3/b10-9+. The monoisotopic (exact) mass is 285 g/mol. The summed E-state index contributed by atoms with van der Waals surface area (Å²) in [6.07, 6.45) is 8.83. The molecule has 4 heteroatoms. The molecule has 2 heterocycles. The lowest BCUT2D eigenvalue weighted by atomic mass is 9.88. The van der Waals surface area contributed by atoms with E-state index in [0.29, 0.717) is 0 Å². The van der Waals surface area contributed by atoms with E-state index >= 15 is 0 Å². The van der Waals surface area contributed by atoms with Gasteiger partial charge < -0.3 is 9.31 Å². The van der Waals surface area contributed by atoms with Crippen LogP contribution in [0.4, 0.5) is 0 Å². The van der Waals surface area contributed by atoms with Crippen molar-refractivity contribution in [1.82, 2.24) is 4.98 Å². The summed E-state index contributed by atoms with van der Waals surface area (Å²) in [4.78, 5) is 4.59. The van der Waals surface area contributed by atoms with Crippen molar-refractivity contribution in [3.8, 4) is 0 Å². The number of pyridine rings is 1. The number of aromatic nitrogens is 1. The van der Waals surface area contributed by atoms with Crippen molar-refractivity contribution in [2.75, 3.05) is 0 Å². The first-order valence-corrected chi connectivity index (χ1v) is 7.89. The Bertz CT molecular complexity index is 550. The fraction of sp³-hybridized carbons (Fsp3) is 0.588. The molecule has 0 amide bonds. The maximum atomic E-state index is 5.97. The van der Waals surface area contributed by atoms with Gasteiger partial charge in [0, 0.05) is 11.9 Å². The minimum atomic E-state index is -0.286. The zero-order valence-corrected chi connectivity index (χ0v) is 13.5. The molecule has 1 aliphatic heterocycles. The van der Waals surface area contributed by atoms with Crippen molar-refractivity contribution in [1.29, 1.82) is 0 Å². The molecule has 0 unspecified atom stereocenters. The Labute approximate surface area is 127 Å². The van der Waals surface area contributed by atoms with Crippen LogP contribution < -0.4 is 0 Å². The molecule has 1 aromatic rings. The molecule has 1 saturated heterocycles. The zero-order chi connectivity index (χ0) is 15.1. The van der Waals surface area contributed by atoms with E-state index in [-0.39, 0.29) is 18.3 Å². The minimum Gasteiger partial charge on any atom is -0.400 e. The quantitative estimate of drug-likeness (QED) is 0.778. The summed E-state index contributed by atoms with van der Waals surface area (Å²) in [6.45, 7) is 8.28. The SMILES string of the molecule is CC1(C)OB(/C=C/c2cnc3c(c2)CCCC3)OC1(C)C. The van der Waals surface area contributed by atoms with Gasteiger partial charge in [-0.1, -0.05) is 12.1 Å². The van der Waals surface area contributed by atoms with Crippen molar-refractivity contribution >= 4 is 13.2 Å². The van der Waals surface area contributed by atoms with Gasteiger partial charge in [0.25, 0.3) is 0 Å². The van der Waals surface area contributed by atoms with Gasteiger partial charge in [-0.3, -0.25) is 4.98 Å². The van der Waals surface area contributed by atoms with Crippen molar-refractivity contribution in [2.45, 2.75) is 64.6 Å². The first kappa shape index (κ1) is 14.8. The average Bonchev–Trinajstić information content (AvgIpc) is 2.64. The number of rotatable bonds is 2. The van der Waals surface area contributed by atoms with Crippen molar-refractivity contribution < 1.29 is 9.31 Å². The van der Waals surface area contributed by atoms with Gasteiger partial charge in [-0.05, 0) is 70.6 Å². The Morgan fingerprint density at radius 2 is 1.76 bits per heavy atom. The molecule has 0 spiro atoms. The second-order valence-corrected chi connectivity index (χ2v) is 7.07. The molecule has 0 bridgehead atoms. The van der Waals surface area contributed by atoms with E-state index in [1.807, 2.05) is 12.2 Å². The molecule has 21 heavy (non-hydrogen) atoms. The van der Waals surface area contributed by atoms with Crippen LogP contribution in [-0.4, -0.2) is 23.3 Å². The Morgan fingerprint density at radius 1 is 1.10 bits per heavy atom. The summed E-state index contributed by atoms with van der Waals surface area (Å²) in [5.74, 6) is 1.99. The maximum absolute atomic E-state index is 5.97. The fourth-order valence-corrected chi connectivity index (χ4v) is 2.85. The molecule has 3 rings (SSSR count). The molecular weight excluding hydrogens is 261 g/mol. The summed E-state index contributed by atoms with van der Waals surface area (Å²) in [7, 11) is -0.286. The first-order valence-electron chi connectivity index (χ1n) is 7.89. The second kappa shape index (κ2) is 5.26. The molecule has 2 aliphatic rings. The van der Waals surface area contributed by atoms with Gasteiger partial charge in [0.2, 0.25) is 0 Å². The summed E-state index contributed by atoms with van der Waals surface area (Å²) >= 11 is 0. The van der Waals surface area contributed by atoms with E-state index in [1.165, 1.54) is 24.1 Å². The molecule has 112 valence electrons. The Kier molecular flexibility index (Phi) is 3.70. The third kappa shape index (κ3) is 2.92. The second-order valence-electron chi connectivity index (χ2n) is 7.07. The van der Waals surface area contributed by atoms with Gasteiger partial charge in [-0.2, -0.15) is 0 Å². The van der Waals surface area contributed by atoms with Gasteiger partial charge in [-0.25, -0.2) is 0 Å². The van der Waals surface area contributed by atoms with E-state index in [0.717, 1.165) is 18.4 Å². The van der Waals surface area contributed by atoms with Crippen molar-refractivity contribution in [3.05, 3.63) is 35.1 Å². The normalized spacial score (nSPS) is 23.5. The van der Waals surface area contributed by atoms with Gasteiger partial charge in [0.1, 0.15) is 0 Å². The molecule has 3 nitrogen and oxygen atoms in total. The van der Waals surface area contributed by atoms with Crippen LogP contribution in [0.2, 0.25) is 0 Å². The van der Waals surface area contributed by atoms with Crippen LogP contribution in [0.3, 0.4) is 0 Å². The molecule has 1 aromatic heterocycles. The third-order valence-corrected chi connectivity index (χ3v) is 4.91. The highest BCUT2D eigenvalue weighted by molar-refractivity contribution is 6.52. The van der Waals surface area contributed by atoms with E-state index in [9.17, 15) is 0 Å². The molecule has 0 aromatic carbocycles. The molecule has 0 N–H and O–H groups in total. The van der Waals surface area contributed by atoms with Crippen molar-refractivity contribution in [2.24, 2.45) is 0 Å². The minimum absolute atomic E-state index is 0.282. The zero-order valence-electron chi connectivity index (χ0n) is 13.5. The highest BCUT2D eigenvalue weighted by atomic mass is 16.7. The first-order chi connectivity index (χ1) is 9.87. The lowest BCUT2D eigenvalue weighted by Gasteiger charge is -2.32. The highest BCUT2D eigenvalue weighted by Gasteiger charge is 2.49. The van der Waals surface area contributed by atoms with Crippen LogP contribution >= 0.6 is 0 Å². The van der Waals surface area contributed by atoms with Crippen LogP contribution in [0.15, 0.2) is 18.2 Å². The molecule has 0 atom stereocenters. The molecule has 0 radical (unpaired) electrons. The molecular formula is C17H24BNO2. The predicted molar refractivity (Wildman–Crippen MR) is 86.0 cm³/mol. The third-order valence-electron chi connectivity index (χ3n) is 4.91. The summed E-state index contributed by atoms with van der Waals surface area (Å²) in [6, 6.07) is 2.25. The molecule has 1 aliphatic carbocycles. The molecule has 0 saturated carbocycles. The van der Waals surface area contributed by atoms with Gasteiger partial charge in [0.15, 0.2) is 0 Å². The van der Waals surface area contributed by atoms with E-state index in [1.54, 1.807) is 0 Å². The largest absolute Gasteiger partial charge is 0.487 e. The van der Waals surface area contributed by atoms with Crippen LogP contribution in [0, 0.1) is 0 Å². The van der Waals surface area contributed by atoms with E-state index in [2.05, 4.69) is 44.8 Å². The number of hydrogen-bond acceptors (Lipinski definition) is 3. The lowest BCUT2D eigenvalue weighted by molar-refractivity contribution is 0.00578. The topological polar surface area (TPSA) is 31.4 Å². The van der Waals surface area contributed by atoms with Gasteiger partial charge in [-0.15, -0.1) is 0 Å². The fourth-order valence-electron chi connectivity index (χ4n) is 2.85. The highest BCUT2D eigenvalue weighted by Crippen LogP contribution is 2.37. The number of fused-ring (bicyclic) bond motifs is 1. The van der Waals surface area contributed by atoms with E-state index < -0.39 is 0 Å². The Hall–Kier alpha value is -1.13. The molecule has 1 fully saturated rings. The van der Waals surface area contributed by atoms with Crippen LogP contribution in [-0.2, 0) is 22.2 Å². The van der Waals surface area contributed by atoms with Crippen molar-refractivity contribution in [3.63, 3.8) is 0 Å². The van der Waals surface area contributed by atoms with Crippen LogP contribution in [0.25, 0.3) is 6.08 Å². The average molecular weight is 285 g/mol. The lowest BCUT2D eigenvalue weighted by Crippen LogP contribution is -2.41. The summed E-state index contributed by atoms with van der Waals surface area (Å²) < 4.78 is 11.9. The number of nitrogens with zero attached hydrogens (tertiary/aromatic N) is 1.